The van der Waals surface area contributed by atoms with E-state index in [0.29, 0.717) is 32.3 Å². The number of nitro groups is 1. The molecule has 0 radical (unpaired) electrons. The number of nitriles is 1. The summed E-state index contributed by atoms with van der Waals surface area (Å²) in [5.74, 6) is 0.380. The van der Waals surface area contributed by atoms with Gasteiger partial charge in [-0.3, -0.25) is 14.9 Å². The molecule has 0 aliphatic rings. The van der Waals surface area contributed by atoms with E-state index in [2.05, 4.69) is 27.9 Å². The van der Waals surface area contributed by atoms with Gasteiger partial charge in [-0.1, -0.05) is 29.8 Å². The van der Waals surface area contributed by atoms with E-state index in [1.807, 2.05) is 31.2 Å². The number of nitro benzene ring substituents is 1. The molecule has 9 nitrogen and oxygen atoms in total. The zero-order chi connectivity index (χ0) is 26.9. The van der Waals surface area contributed by atoms with Crippen molar-refractivity contribution in [2.24, 2.45) is 0 Å². The Hall–Kier alpha value is -3.82. The molecule has 0 aliphatic heterocycles. The molecule has 0 saturated heterocycles. The van der Waals surface area contributed by atoms with Gasteiger partial charge in [-0.05, 0) is 71.5 Å². The number of halogens is 2. The largest absolute Gasteiger partial charge is 0.496 e. The molecule has 0 heterocycles. The van der Waals surface area contributed by atoms with E-state index in [1.54, 1.807) is 18.2 Å². The number of benzene rings is 3. The van der Waals surface area contributed by atoms with Crippen LogP contribution in [0.25, 0.3) is 6.08 Å². The number of hydrogen-bond acceptors (Lipinski definition) is 7. The summed E-state index contributed by atoms with van der Waals surface area (Å²) in [6.07, 6.45) is 1.37. The number of carbonyl (C=O) groups is 1. The van der Waals surface area contributed by atoms with Crippen LogP contribution in [0.5, 0.6) is 17.2 Å². The average molecular weight is 634 g/mol. The Morgan fingerprint density at radius 2 is 1.97 bits per heavy atom. The molecule has 0 fully saturated rings. The highest BCUT2D eigenvalue weighted by Crippen LogP contribution is 2.36. The molecular formula is C26H21ClIN3O6. The van der Waals surface area contributed by atoms with Crippen molar-refractivity contribution in [3.8, 4) is 23.3 Å². The minimum Gasteiger partial charge on any atom is -0.496 e. The van der Waals surface area contributed by atoms with Crippen LogP contribution in [-0.4, -0.2) is 24.5 Å². The van der Waals surface area contributed by atoms with E-state index in [-0.39, 0.29) is 29.3 Å². The Bertz CT molecular complexity index is 1400. The molecular weight excluding hydrogens is 613 g/mol. The summed E-state index contributed by atoms with van der Waals surface area (Å²) in [5, 5.41) is 24.1. The molecule has 0 spiro atoms. The first kappa shape index (κ1) is 27.8. The molecule has 1 N–H and O–H groups in total. The summed E-state index contributed by atoms with van der Waals surface area (Å²) in [5.41, 5.74) is 0.632. The predicted molar refractivity (Wildman–Crippen MR) is 148 cm³/mol. The van der Waals surface area contributed by atoms with Gasteiger partial charge in [0.1, 0.15) is 29.7 Å². The number of hydrogen-bond donors (Lipinski definition) is 1. The van der Waals surface area contributed by atoms with Gasteiger partial charge in [0.2, 0.25) is 0 Å². The first-order valence-corrected chi connectivity index (χ1v) is 12.3. The lowest BCUT2D eigenvalue weighted by Gasteiger charge is -2.15. The maximum Gasteiger partial charge on any atom is 0.296 e. The number of amides is 1. The fourth-order valence-corrected chi connectivity index (χ4v) is 4.21. The molecule has 0 saturated carbocycles. The number of nitrogens with one attached hydrogen (secondary N) is 1. The minimum absolute atomic E-state index is 0.0649. The second-order valence-corrected chi connectivity index (χ2v) is 8.98. The molecule has 0 aromatic heterocycles. The highest BCUT2D eigenvalue weighted by Gasteiger charge is 2.20. The van der Waals surface area contributed by atoms with E-state index in [9.17, 15) is 20.2 Å². The van der Waals surface area contributed by atoms with Crippen molar-refractivity contribution < 1.29 is 23.9 Å². The number of carbonyl (C=O) groups excluding carboxylic acids is 1. The maximum absolute atomic E-state index is 12.8. The third-order valence-electron chi connectivity index (χ3n) is 4.99. The first-order valence-electron chi connectivity index (χ1n) is 10.9. The summed E-state index contributed by atoms with van der Waals surface area (Å²) < 4.78 is 17.4. The SMILES string of the molecule is CCOc1cc(/C=C(\C#N)C(=O)Nc2ccc(OC)cc2[N+](=O)[O-])cc(I)c1OCc1ccccc1Cl. The molecule has 1 amide bonds. The standard InChI is InChI=1S/C26H21ClIN3O6/c1-3-36-24-12-16(11-21(28)25(24)37-15-17-6-4-5-7-20(17)27)10-18(14-29)26(32)30-22-9-8-19(35-2)13-23(22)31(33)34/h4-13H,3,15H2,1-2H3,(H,30,32)/b18-10+. The molecule has 0 unspecified atom stereocenters. The van der Waals surface area contributed by atoms with Gasteiger partial charge in [0, 0.05) is 10.6 Å². The van der Waals surface area contributed by atoms with E-state index in [1.165, 1.54) is 31.4 Å². The van der Waals surface area contributed by atoms with Crippen LogP contribution in [0.3, 0.4) is 0 Å². The number of ether oxygens (including phenoxy) is 3. The highest BCUT2D eigenvalue weighted by atomic mass is 127. The Kier molecular flexibility index (Phi) is 9.71. The summed E-state index contributed by atoms with van der Waals surface area (Å²) >= 11 is 8.30. The van der Waals surface area contributed by atoms with Crippen molar-refractivity contribution in [2.75, 3.05) is 19.0 Å². The topological polar surface area (TPSA) is 124 Å². The summed E-state index contributed by atoms with van der Waals surface area (Å²) in [6, 6.07) is 16.5. The van der Waals surface area contributed by atoms with Crippen molar-refractivity contribution in [1.29, 1.82) is 5.26 Å². The Balaban J connectivity index is 1.89. The zero-order valence-corrected chi connectivity index (χ0v) is 22.7. The van der Waals surface area contributed by atoms with Crippen LogP contribution in [0.1, 0.15) is 18.1 Å². The minimum atomic E-state index is -0.803. The summed E-state index contributed by atoms with van der Waals surface area (Å²) in [4.78, 5) is 23.6. The van der Waals surface area contributed by atoms with E-state index in [0.717, 1.165) is 5.56 Å². The van der Waals surface area contributed by atoms with Crippen LogP contribution in [0, 0.1) is 25.0 Å². The van der Waals surface area contributed by atoms with Crippen molar-refractivity contribution in [3.05, 3.63) is 90.0 Å². The molecule has 3 rings (SSSR count). The Morgan fingerprint density at radius 3 is 2.62 bits per heavy atom. The van der Waals surface area contributed by atoms with Gasteiger partial charge in [-0.15, -0.1) is 0 Å². The normalized spacial score (nSPS) is 10.8. The van der Waals surface area contributed by atoms with Crippen LogP contribution < -0.4 is 19.5 Å². The van der Waals surface area contributed by atoms with Gasteiger partial charge in [-0.2, -0.15) is 5.26 Å². The van der Waals surface area contributed by atoms with Gasteiger partial charge in [-0.25, -0.2) is 0 Å². The maximum atomic E-state index is 12.8. The second kappa shape index (κ2) is 12.9. The third-order valence-corrected chi connectivity index (χ3v) is 6.16. The Morgan fingerprint density at radius 1 is 1.22 bits per heavy atom. The molecule has 11 heteroatoms. The number of anilines is 1. The second-order valence-electron chi connectivity index (χ2n) is 7.41. The lowest BCUT2D eigenvalue weighted by Crippen LogP contribution is -2.14. The first-order chi connectivity index (χ1) is 17.8. The van der Waals surface area contributed by atoms with Crippen LogP contribution in [0.2, 0.25) is 5.02 Å². The van der Waals surface area contributed by atoms with Gasteiger partial charge in [0.25, 0.3) is 11.6 Å². The highest BCUT2D eigenvalue weighted by molar-refractivity contribution is 14.1. The van der Waals surface area contributed by atoms with E-state index in [4.69, 9.17) is 25.8 Å². The lowest BCUT2D eigenvalue weighted by molar-refractivity contribution is -0.384. The summed E-state index contributed by atoms with van der Waals surface area (Å²) in [7, 11) is 1.37. The van der Waals surface area contributed by atoms with Crippen LogP contribution in [0.4, 0.5) is 11.4 Å². The molecule has 0 bridgehead atoms. The number of nitrogens with zero attached hydrogens (tertiary/aromatic N) is 2. The van der Waals surface area contributed by atoms with Gasteiger partial charge in [0.15, 0.2) is 11.5 Å². The fourth-order valence-electron chi connectivity index (χ4n) is 3.24. The van der Waals surface area contributed by atoms with Gasteiger partial charge >= 0.3 is 0 Å². The zero-order valence-electron chi connectivity index (χ0n) is 19.8. The quantitative estimate of drug-likeness (QED) is 0.0903. The monoisotopic (exact) mass is 633 g/mol. The Labute approximate surface area is 231 Å². The molecule has 37 heavy (non-hydrogen) atoms. The molecule has 190 valence electrons. The lowest BCUT2D eigenvalue weighted by atomic mass is 10.1. The smallest absolute Gasteiger partial charge is 0.296 e. The third kappa shape index (κ3) is 7.12. The van der Waals surface area contributed by atoms with E-state index >= 15 is 0 Å². The van der Waals surface area contributed by atoms with Crippen LogP contribution >= 0.6 is 34.2 Å². The summed E-state index contributed by atoms with van der Waals surface area (Å²) in [6.45, 7) is 2.40. The van der Waals surface area contributed by atoms with E-state index < -0.39 is 10.8 Å². The van der Waals surface area contributed by atoms with Gasteiger partial charge in [0.05, 0.1) is 28.3 Å². The number of methoxy groups -OCH3 is 1. The average Bonchev–Trinajstić information content (AvgIpc) is 2.88. The van der Waals surface area contributed by atoms with Crippen LogP contribution in [0.15, 0.2) is 60.2 Å². The molecule has 0 aliphatic carbocycles. The van der Waals surface area contributed by atoms with Crippen LogP contribution in [-0.2, 0) is 11.4 Å². The van der Waals surface area contributed by atoms with Gasteiger partial charge < -0.3 is 19.5 Å². The molecule has 3 aromatic rings. The van der Waals surface area contributed by atoms with Crippen molar-refractivity contribution in [1.82, 2.24) is 0 Å². The fraction of sp³-hybridized carbons (Fsp3) is 0.154. The molecule has 3 aromatic carbocycles. The predicted octanol–water partition coefficient (Wildman–Crippen LogP) is 6.38. The molecule has 0 atom stereocenters. The number of rotatable bonds is 10. The van der Waals surface area contributed by atoms with Crippen molar-refractivity contribution >= 4 is 57.5 Å². The van der Waals surface area contributed by atoms with Crippen molar-refractivity contribution in [2.45, 2.75) is 13.5 Å². The van der Waals surface area contributed by atoms with Crippen molar-refractivity contribution in [3.63, 3.8) is 0 Å².